The van der Waals surface area contributed by atoms with E-state index >= 15 is 0 Å². The average Bonchev–Trinajstić information content (AvgIpc) is 2.73. The van der Waals surface area contributed by atoms with Crippen LogP contribution in [-0.4, -0.2) is 49.7 Å². The number of urea groups is 1. The Hall–Kier alpha value is -2.53. The molecule has 0 saturated carbocycles. The molecule has 5 nitrogen and oxygen atoms in total. The van der Waals surface area contributed by atoms with Crippen LogP contribution in [0, 0.1) is 0 Å². The van der Waals surface area contributed by atoms with Crippen LogP contribution in [0.5, 0.6) is 0 Å². The number of hydrogen-bond acceptors (Lipinski definition) is 3. The van der Waals surface area contributed by atoms with Crippen molar-refractivity contribution in [3.05, 3.63) is 60.2 Å². The number of likely N-dealkylation sites (N-methyl/N-ethyl adjacent to an activating group) is 1. The van der Waals surface area contributed by atoms with E-state index in [1.807, 2.05) is 24.3 Å². The lowest BCUT2D eigenvalue weighted by Crippen LogP contribution is -2.46. The van der Waals surface area contributed by atoms with E-state index in [2.05, 4.69) is 64.6 Å². The highest BCUT2D eigenvalue weighted by Gasteiger charge is 2.19. The summed E-state index contributed by atoms with van der Waals surface area (Å²) in [6.45, 7) is 9.45. The molecular formula is C23H32N4O. The molecule has 0 radical (unpaired) electrons. The molecule has 5 heteroatoms. The Morgan fingerprint density at radius 2 is 1.68 bits per heavy atom. The molecule has 0 unspecified atom stereocenters. The molecule has 2 aromatic rings. The minimum Gasteiger partial charge on any atom is -0.367 e. The summed E-state index contributed by atoms with van der Waals surface area (Å²) >= 11 is 0. The topological polar surface area (TPSA) is 47.6 Å². The fourth-order valence-electron chi connectivity index (χ4n) is 3.64. The second-order valence-corrected chi connectivity index (χ2v) is 7.46. The SMILES string of the molecule is CCN1CCN(c2ccccc2NC(=O)N[C@H](C)CCc2ccccc2)CC1. The molecule has 3 rings (SSSR count). The van der Waals surface area contributed by atoms with Crippen LogP contribution < -0.4 is 15.5 Å². The quantitative estimate of drug-likeness (QED) is 0.764. The summed E-state index contributed by atoms with van der Waals surface area (Å²) in [4.78, 5) is 17.3. The number of amides is 2. The first-order valence-corrected chi connectivity index (χ1v) is 10.3. The number of carbonyl (C=O) groups is 1. The first-order valence-electron chi connectivity index (χ1n) is 10.3. The van der Waals surface area contributed by atoms with Crippen LogP contribution in [0.3, 0.4) is 0 Å². The third-order valence-corrected chi connectivity index (χ3v) is 5.40. The summed E-state index contributed by atoms with van der Waals surface area (Å²) in [5.74, 6) is 0. The molecule has 2 aromatic carbocycles. The number of piperazine rings is 1. The van der Waals surface area contributed by atoms with Gasteiger partial charge in [-0.1, -0.05) is 49.4 Å². The smallest absolute Gasteiger partial charge is 0.319 e. The fraction of sp³-hybridized carbons (Fsp3) is 0.435. The van der Waals surface area contributed by atoms with Crippen molar-refractivity contribution < 1.29 is 4.79 Å². The van der Waals surface area contributed by atoms with Crippen molar-refractivity contribution in [3.63, 3.8) is 0 Å². The van der Waals surface area contributed by atoms with Gasteiger partial charge in [-0.05, 0) is 44.0 Å². The lowest BCUT2D eigenvalue weighted by molar-refractivity contribution is 0.248. The van der Waals surface area contributed by atoms with Gasteiger partial charge >= 0.3 is 6.03 Å². The van der Waals surface area contributed by atoms with Gasteiger partial charge in [-0.3, -0.25) is 0 Å². The van der Waals surface area contributed by atoms with E-state index in [1.165, 1.54) is 5.56 Å². The zero-order chi connectivity index (χ0) is 19.8. The Bertz CT molecular complexity index is 741. The number of nitrogens with one attached hydrogen (secondary N) is 2. The van der Waals surface area contributed by atoms with Crippen LogP contribution in [0.25, 0.3) is 0 Å². The molecule has 1 fully saturated rings. The van der Waals surface area contributed by atoms with Gasteiger partial charge in [0.25, 0.3) is 0 Å². The summed E-state index contributed by atoms with van der Waals surface area (Å²) in [5, 5.41) is 6.12. The van der Waals surface area contributed by atoms with Gasteiger partial charge in [0.1, 0.15) is 0 Å². The number of benzene rings is 2. The lowest BCUT2D eigenvalue weighted by Gasteiger charge is -2.36. The van der Waals surface area contributed by atoms with Crippen LogP contribution in [0.2, 0.25) is 0 Å². The van der Waals surface area contributed by atoms with Crippen LogP contribution in [0.4, 0.5) is 16.2 Å². The largest absolute Gasteiger partial charge is 0.367 e. The minimum absolute atomic E-state index is 0.112. The van der Waals surface area contributed by atoms with Gasteiger partial charge in [0.2, 0.25) is 0 Å². The van der Waals surface area contributed by atoms with E-state index in [0.29, 0.717) is 0 Å². The van der Waals surface area contributed by atoms with Crippen LogP contribution >= 0.6 is 0 Å². The van der Waals surface area contributed by atoms with Crippen molar-refractivity contribution in [2.45, 2.75) is 32.7 Å². The standard InChI is InChI=1S/C23H32N4O/c1-3-26-15-17-27(18-16-26)22-12-8-7-11-21(22)25-23(28)24-19(2)13-14-20-9-5-4-6-10-20/h4-12,19H,3,13-18H2,1-2H3,(H2,24,25,28)/t19-/m1/s1. The number of hydrogen-bond donors (Lipinski definition) is 2. The number of rotatable bonds is 7. The molecule has 0 bridgehead atoms. The monoisotopic (exact) mass is 380 g/mol. The van der Waals surface area contributed by atoms with Crippen LogP contribution in [0.15, 0.2) is 54.6 Å². The van der Waals surface area contributed by atoms with Gasteiger partial charge in [-0.15, -0.1) is 0 Å². The number of para-hydroxylation sites is 2. The molecular weight excluding hydrogens is 348 g/mol. The van der Waals surface area contributed by atoms with E-state index in [9.17, 15) is 4.79 Å². The maximum Gasteiger partial charge on any atom is 0.319 e. The minimum atomic E-state index is -0.139. The Labute approximate surface area is 168 Å². The molecule has 150 valence electrons. The first kappa shape index (κ1) is 20.2. The predicted molar refractivity (Wildman–Crippen MR) is 117 cm³/mol. The number of anilines is 2. The lowest BCUT2D eigenvalue weighted by atomic mass is 10.1. The van der Waals surface area contributed by atoms with Crippen molar-refractivity contribution in [3.8, 4) is 0 Å². The Morgan fingerprint density at radius 1 is 1.00 bits per heavy atom. The summed E-state index contributed by atoms with van der Waals surface area (Å²) < 4.78 is 0. The zero-order valence-corrected chi connectivity index (χ0v) is 17.0. The van der Waals surface area contributed by atoms with Crippen molar-refractivity contribution in [1.29, 1.82) is 0 Å². The zero-order valence-electron chi connectivity index (χ0n) is 17.0. The molecule has 1 saturated heterocycles. The third kappa shape index (κ3) is 5.73. The molecule has 28 heavy (non-hydrogen) atoms. The van der Waals surface area contributed by atoms with E-state index in [-0.39, 0.29) is 12.1 Å². The molecule has 1 atom stereocenters. The molecule has 2 N–H and O–H groups in total. The summed E-state index contributed by atoms with van der Waals surface area (Å²) in [6.07, 6.45) is 1.87. The number of nitrogens with zero attached hydrogens (tertiary/aromatic N) is 2. The average molecular weight is 381 g/mol. The number of carbonyl (C=O) groups excluding carboxylic acids is 1. The molecule has 1 heterocycles. The Kier molecular flexibility index (Phi) is 7.31. The van der Waals surface area contributed by atoms with Crippen molar-refractivity contribution in [2.24, 2.45) is 0 Å². The van der Waals surface area contributed by atoms with E-state index < -0.39 is 0 Å². The van der Waals surface area contributed by atoms with Gasteiger partial charge < -0.3 is 20.4 Å². The van der Waals surface area contributed by atoms with E-state index in [1.54, 1.807) is 0 Å². The van der Waals surface area contributed by atoms with Crippen LogP contribution in [0.1, 0.15) is 25.8 Å². The highest BCUT2D eigenvalue weighted by atomic mass is 16.2. The molecule has 1 aliphatic rings. The third-order valence-electron chi connectivity index (χ3n) is 5.40. The van der Waals surface area contributed by atoms with Gasteiger partial charge in [0.15, 0.2) is 0 Å². The van der Waals surface area contributed by atoms with Gasteiger partial charge in [-0.25, -0.2) is 4.79 Å². The van der Waals surface area contributed by atoms with E-state index in [0.717, 1.165) is 56.9 Å². The van der Waals surface area contributed by atoms with Gasteiger partial charge in [0, 0.05) is 32.2 Å². The summed E-state index contributed by atoms with van der Waals surface area (Å²) in [6, 6.07) is 18.4. The highest BCUT2D eigenvalue weighted by molar-refractivity contribution is 5.93. The second kappa shape index (κ2) is 10.1. The molecule has 0 aromatic heterocycles. The predicted octanol–water partition coefficient (Wildman–Crippen LogP) is 3.97. The van der Waals surface area contributed by atoms with Gasteiger partial charge in [-0.2, -0.15) is 0 Å². The number of aryl methyl sites for hydroxylation is 1. The fourth-order valence-corrected chi connectivity index (χ4v) is 3.64. The van der Waals surface area contributed by atoms with Crippen LogP contribution in [-0.2, 0) is 6.42 Å². The summed E-state index contributed by atoms with van der Waals surface area (Å²) in [7, 11) is 0. The van der Waals surface area contributed by atoms with E-state index in [4.69, 9.17) is 0 Å². The normalized spacial score (nSPS) is 15.9. The van der Waals surface area contributed by atoms with Gasteiger partial charge in [0.05, 0.1) is 11.4 Å². The van der Waals surface area contributed by atoms with Crippen molar-refractivity contribution in [2.75, 3.05) is 42.9 Å². The van der Waals surface area contributed by atoms with Crippen molar-refractivity contribution in [1.82, 2.24) is 10.2 Å². The first-order chi connectivity index (χ1) is 13.7. The Balaban J connectivity index is 1.52. The Morgan fingerprint density at radius 3 is 2.39 bits per heavy atom. The molecule has 1 aliphatic heterocycles. The maximum absolute atomic E-state index is 12.5. The molecule has 0 aliphatic carbocycles. The second-order valence-electron chi connectivity index (χ2n) is 7.46. The summed E-state index contributed by atoms with van der Waals surface area (Å²) in [5.41, 5.74) is 3.28. The maximum atomic E-state index is 12.5. The highest BCUT2D eigenvalue weighted by Crippen LogP contribution is 2.26. The molecule has 0 spiro atoms. The molecule has 2 amide bonds. The van der Waals surface area contributed by atoms with Crippen molar-refractivity contribution >= 4 is 17.4 Å².